The van der Waals surface area contributed by atoms with Crippen molar-refractivity contribution in [1.82, 2.24) is 14.5 Å². The Labute approximate surface area is 130 Å². The van der Waals surface area contributed by atoms with Gasteiger partial charge in [0.05, 0.1) is 12.0 Å². The van der Waals surface area contributed by atoms with E-state index in [0.717, 1.165) is 35.7 Å². The minimum atomic E-state index is 0.0654. The number of pyridine rings is 1. The highest BCUT2D eigenvalue weighted by molar-refractivity contribution is 6.16. The number of rotatable bonds is 4. The first-order chi connectivity index (χ1) is 9.98. The van der Waals surface area contributed by atoms with Gasteiger partial charge < -0.3 is 9.30 Å². The molecule has 1 fully saturated rings. The number of aromatic nitrogens is 3. The van der Waals surface area contributed by atoms with Gasteiger partial charge in [0.25, 0.3) is 0 Å². The lowest BCUT2D eigenvalue weighted by Gasteiger charge is -2.52. The largest absolute Gasteiger partial charge is 0.378 e. The molecule has 0 radical (unpaired) electrons. The summed E-state index contributed by atoms with van der Waals surface area (Å²) in [6.07, 6.45) is 1.28. The molecule has 2 aromatic rings. The normalized spacial score (nSPS) is 24.2. The van der Waals surface area contributed by atoms with Gasteiger partial charge >= 0.3 is 0 Å². The van der Waals surface area contributed by atoms with Gasteiger partial charge in [-0.25, -0.2) is 9.97 Å². The Bertz CT molecular complexity index is 665. The van der Waals surface area contributed by atoms with E-state index in [0.29, 0.717) is 11.9 Å². The highest BCUT2D eigenvalue weighted by Crippen LogP contribution is 2.52. The highest BCUT2D eigenvalue weighted by Gasteiger charge is 2.51. The van der Waals surface area contributed by atoms with Crippen molar-refractivity contribution >= 4 is 22.8 Å². The number of hydrogen-bond acceptors (Lipinski definition) is 3. The number of imidazole rings is 1. The van der Waals surface area contributed by atoms with E-state index in [2.05, 4.69) is 28.4 Å². The van der Waals surface area contributed by atoms with Gasteiger partial charge in [0.2, 0.25) is 0 Å². The number of hydrogen-bond donors (Lipinski definition) is 0. The zero-order valence-corrected chi connectivity index (χ0v) is 13.8. The smallest absolute Gasteiger partial charge is 0.160 e. The van der Waals surface area contributed by atoms with Crippen molar-refractivity contribution in [2.75, 3.05) is 6.61 Å². The first kappa shape index (κ1) is 14.8. The highest BCUT2D eigenvalue weighted by atomic mass is 35.5. The van der Waals surface area contributed by atoms with E-state index in [1.54, 1.807) is 0 Å². The van der Waals surface area contributed by atoms with Crippen LogP contribution in [0.1, 0.15) is 44.8 Å². The fourth-order valence-corrected chi connectivity index (χ4v) is 3.51. The van der Waals surface area contributed by atoms with E-state index < -0.39 is 0 Å². The molecule has 5 heteroatoms. The fourth-order valence-electron chi connectivity index (χ4n) is 3.32. The molecule has 4 nitrogen and oxygen atoms in total. The van der Waals surface area contributed by atoms with E-state index in [4.69, 9.17) is 16.3 Å². The second kappa shape index (κ2) is 5.25. The fraction of sp³-hybridized carbons (Fsp3) is 0.625. The van der Waals surface area contributed by atoms with E-state index >= 15 is 0 Å². The summed E-state index contributed by atoms with van der Waals surface area (Å²) in [4.78, 5) is 9.32. The molecule has 114 valence electrons. The minimum Gasteiger partial charge on any atom is -0.378 e. The molecule has 0 bridgehead atoms. The van der Waals surface area contributed by atoms with Crippen LogP contribution >= 0.6 is 11.6 Å². The second-order valence-corrected chi connectivity index (χ2v) is 6.61. The zero-order valence-electron chi connectivity index (χ0n) is 13.1. The van der Waals surface area contributed by atoms with Crippen LogP contribution in [-0.4, -0.2) is 27.2 Å². The summed E-state index contributed by atoms with van der Waals surface area (Å²) >= 11 is 6.12. The quantitative estimate of drug-likeness (QED) is 0.805. The summed E-state index contributed by atoms with van der Waals surface area (Å²) in [5, 5.41) is 0. The topological polar surface area (TPSA) is 39.9 Å². The van der Waals surface area contributed by atoms with Gasteiger partial charge in [-0.3, -0.25) is 0 Å². The average Bonchev–Trinajstić information content (AvgIpc) is 2.80. The monoisotopic (exact) mass is 307 g/mol. The molecular weight excluding hydrogens is 286 g/mol. The number of nitrogens with zero attached hydrogens (tertiary/aromatic N) is 3. The van der Waals surface area contributed by atoms with Gasteiger partial charge in [0.15, 0.2) is 5.65 Å². The van der Waals surface area contributed by atoms with E-state index in [1.807, 2.05) is 26.0 Å². The molecule has 2 unspecified atom stereocenters. The lowest BCUT2D eigenvalue weighted by Crippen LogP contribution is -2.51. The lowest BCUT2D eigenvalue weighted by molar-refractivity contribution is -0.127. The van der Waals surface area contributed by atoms with Crippen molar-refractivity contribution in [3.05, 3.63) is 23.7 Å². The maximum Gasteiger partial charge on any atom is 0.160 e. The lowest BCUT2D eigenvalue weighted by atomic mass is 9.64. The Hall–Kier alpha value is -1.13. The molecule has 21 heavy (non-hydrogen) atoms. The maximum atomic E-state index is 6.12. The molecule has 0 N–H and O–H groups in total. The Morgan fingerprint density at radius 3 is 2.76 bits per heavy atom. The van der Waals surface area contributed by atoms with Crippen LogP contribution in [-0.2, 0) is 10.6 Å². The summed E-state index contributed by atoms with van der Waals surface area (Å²) in [5.41, 5.74) is 2.93. The molecule has 2 aromatic heterocycles. The first-order valence-electron chi connectivity index (χ1n) is 7.51. The van der Waals surface area contributed by atoms with E-state index in [-0.39, 0.29) is 11.5 Å². The standard InChI is InChI=1S/C16H22ClN3O/c1-5-21-13-8-12(16(13,3)4)20-14(9-17)19-11-7-6-10(2)18-15(11)20/h6-7,12-13H,5,8-9H2,1-4H3. The van der Waals surface area contributed by atoms with E-state index in [9.17, 15) is 0 Å². The van der Waals surface area contributed by atoms with Crippen molar-refractivity contribution < 1.29 is 4.74 Å². The van der Waals surface area contributed by atoms with Gasteiger partial charge in [0.1, 0.15) is 11.3 Å². The van der Waals surface area contributed by atoms with Crippen molar-refractivity contribution in [2.24, 2.45) is 5.41 Å². The van der Waals surface area contributed by atoms with Crippen LogP contribution in [0.25, 0.3) is 11.2 Å². The molecule has 2 atom stereocenters. The summed E-state index contributed by atoms with van der Waals surface area (Å²) in [5.74, 6) is 1.30. The zero-order chi connectivity index (χ0) is 15.2. The van der Waals surface area contributed by atoms with Gasteiger partial charge in [-0.15, -0.1) is 11.6 Å². The summed E-state index contributed by atoms with van der Waals surface area (Å²) in [6.45, 7) is 9.31. The van der Waals surface area contributed by atoms with Crippen LogP contribution in [0.4, 0.5) is 0 Å². The van der Waals surface area contributed by atoms with Gasteiger partial charge in [-0.05, 0) is 32.4 Å². The first-order valence-corrected chi connectivity index (χ1v) is 8.04. The number of halogens is 1. The molecule has 1 saturated carbocycles. The molecule has 0 aromatic carbocycles. The van der Waals surface area contributed by atoms with Gasteiger partial charge in [-0.2, -0.15) is 0 Å². The van der Waals surface area contributed by atoms with Crippen LogP contribution in [0, 0.1) is 12.3 Å². The summed E-state index contributed by atoms with van der Waals surface area (Å²) in [6, 6.07) is 4.35. The maximum absolute atomic E-state index is 6.12. The molecule has 1 aliphatic rings. The van der Waals surface area contributed by atoms with Crippen LogP contribution < -0.4 is 0 Å². The molecule has 1 aliphatic carbocycles. The van der Waals surface area contributed by atoms with Crippen molar-refractivity contribution in [1.29, 1.82) is 0 Å². The summed E-state index contributed by atoms with van der Waals surface area (Å²) < 4.78 is 8.07. The molecule has 0 aliphatic heterocycles. The van der Waals surface area contributed by atoms with Crippen LogP contribution in [0.15, 0.2) is 12.1 Å². The number of aryl methyl sites for hydroxylation is 1. The third kappa shape index (κ3) is 2.25. The van der Waals surface area contributed by atoms with Gasteiger partial charge in [0, 0.05) is 23.8 Å². The molecule has 2 heterocycles. The Morgan fingerprint density at radius 1 is 1.38 bits per heavy atom. The van der Waals surface area contributed by atoms with Crippen molar-refractivity contribution in [2.45, 2.75) is 52.1 Å². The predicted octanol–water partition coefficient (Wildman–Crippen LogP) is 3.85. The molecule has 0 saturated heterocycles. The SMILES string of the molecule is CCOC1CC(n2c(CCl)nc3ccc(C)nc32)C1(C)C. The average molecular weight is 308 g/mol. The molecule has 0 spiro atoms. The number of fused-ring (bicyclic) bond motifs is 1. The Morgan fingerprint density at radius 2 is 2.14 bits per heavy atom. The molecule has 3 rings (SSSR count). The van der Waals surface area contributed by atoms with Gasteiger partial charge in [-0.1, -0.05) is 13.8 Å². The Kier molecular flexibility index (Phi) is 3.70. The van der Waals surface area contributed by atoms with E-state index in [1.165, 1.54) is 0 Å². The third-order valence-electron chi connectivity index (χ3n) is 4.67. The predicted molar refractivity (Wildman–Crippen MR) is 84.7 cm³/mol. The Balaban J connectivity index is 2.06. The minimum absolute atomic E-state index is 0.0654. The molecular formula is C16H22ClN3O. The second-order valence-electron chi connectivity index (χ2n) is 6.34. The summed E-state index contributed by atoms with van der Waals surface area (Å²) in [7, 11) is 0. The third-order valence-corrected chi connectivity index (χ3v) is 4.91. The number of ether oxygens (including phenoxy) is 1. The number of alkyl halides is 1. The molecule has 0 amide bonds. The van der Waals surface area contributed by atoms with Crippen molar-refractivity contribution in [3.63, 3.8) is 0 Å². The van der Waals surface area contributed by atoms with Crippen LogP contribution in [0.3, 0.4) is 0 Å². The van der Waals surface area contributed by atoms with Crippen LogP contribution in [0.2, 0.25) is 0 Å². The van der Waals surface area contributed by atoms with Crippen LogP contribution in [0.5, 0.6) is 0 Å². The van der Waals surface area contributed by atoms with Crippen molar-refractivity contribution in [3.8, 4) is 0 Å².